The molecule has 0 atom stereocenters. The smallest absolute Gasteiger partial charge is 0.173 e. The van der Waals surface area contributed by atoms with Crippen molar-refractivity contribution in [2.24, 2.45) is 0 Å². The fourth-order valence-electron chi connectivity index (χ4n) is 3.28. The third kappa shape index (κ3) is 4.96. The average Bonchev–Trinajstić information content (AvgIpc) is 2.66. The number of quaternary nitrogens is 1. The lowest BCUT2D eigenvalue weighted by Crippen LogP contribution is -3.13. The van der Waals surface area contributed by atoms with E-state index in [0.717, 1.165) is 49.3 Å². The minimum absolute atomic E-state index is 0.681. The highest BCUT2D eigenvalue weighted by atomic mass is 32.1. The highest BCUT2D eigenvalue weighted by Crippen LogP contribution is 2.16. The van der Waals surface area contributed by atoms with Gasteiger partial charge in [-0.3, -0.25) is 0 Å². The fraction of sp³-hybridized carbons (Fsp3) is 0.381. The zero-order chi connectivity index (χ0) is 18.4. The molecule has 2 aromatic carbocycles. The molecule has 0 saturated carbocycles. The van der Waals surface area contributed by atoms with Crippen molar-refractivity contribution in [2.45, 2.75) is 20.4 Å². The summed E-state index contributed by atoms with van der Waals surface area (Å²) in [6.07, 6.45) is 0. The number of nitrogens with one attached hydrogen (secondary N) is 2. The van der Waals surface area contributed by atoms with E-state index in [-0.39, 0.29) is 0 Å². The van der Waals surface area contributed by atoms with Crippen LogP contribution in [0.4, 0.5) is 5.69 Å². The second kappa shape index (κ2) is 9.01. The van der Waals surface area contributed by atoms with Crippen molar-refractivity contribution in [1.82, 2.24) is 4.90 Å². The van der Waals surface area contributed by atoms with Crippen molar-refractivity contribution in [3.8, 4) is 5.75 Å². The quantitative estimate of drug-likeness (QED) is 0.792. The van der Waals surface area contributed by atoms with E-state index in [0.29, 0.717) is 6.61 Å². The lowest BCUT2D eigenvalue weighted by Gasteiger charge is -2.34. The van der Waals surface area contributed by atoms with Crippen molar-refractivity contribution in [1.29, 1.82) is 0 Å². The summed E-state index contributed by atoms with van der Waals surface area (Å²) in [4.78, 5) is 3.90. The van der Waals surface area contributed by atoms with Crippen LogP contribution in [-0.2, 0) is 6.54 Å². The third-order valence-corrected chi connectivity index (χ3v) is 5.24. The Balaban J connectivity index is 1.48. The van der Waals surface area contributed by atoms with Gasteiger partial charge in [0.1, 0.15) is 12.3 Å². The number of hydrogen-bond acceptors (Lipinski definition) is 2. The number of benzene rings is 2. The average molecular weight is 371 g/mol. The van der Waals surface area contributed by atoms with Gasteiger partial charge in [0.25, 0.3) is 0 Å². The van der Waals surface area contributed by atoms with E-state index in [1.807, 2.05) is 31.2 Å². The largest absolute Gasteiger partial charge is 0.494 e. The topological polar surface area (TPSA) is 28.9 Å². The summed E-state index contributed by atoms with van der Waals surface area (Å²) in [7, 11) is 0. The molecule has 26 heavy (non-hydrogen) atoms. The first-order chi connectivity index (χ1) is 12.7. The van der Waals surface area contributed by atoms with Gasteiger partial charge in [-0.05, 0) is 55.9 Å². The molecule has 0 amide bonds. The van der Waals surface area contributed by atoms with Crippen LogP contribution in [0.1, 0.15) is 18.1 Å². The standard InChI is InChI=1S/C21H27N3OS/c1-3-25-20-10-8-19(9-11-20)22-21(26)24-14-12-23(13-15-24)16-18-7-5-4-6-17(18)2/h4-11H,3,12-16H2,1-2H3,(H,22,26)/p+1. The molecule has 2 aromatic rings. The molecule has 1 fully saturated rings. The van der Waals surface area contributed by atoms with Crippen LogP contribution in [0.5, 0.6) is 5.75 Å². The van der Waals surface area contributed by atoms with Gasteiger partial charge in [-0.15, -0.1) is 0 Å². The monoisotopic (exact) mass is 370 g/mol. The van der Waals surface area contributed by atoms with Crippen molar-refractivity contribution in [2.75, 3.05) is 38.1 Å². The second-order valence-corrected chi connectivity index (χ2v) is 7.11. The summed E-state index contributed by atoms with van der Waals surface area (Å²) >= 11 is 5.60. The van der Waals surface area contributed by atoms with Gasteiger partial charge in [-0.1, -0.05) is 24.3 Å². The maximum absolute atomic E-state index is 5.60. The predicted molar refractivity (Wildman–Crippen MR) is 111 cm³/mol. The van der Waals surface area contributed by atoms with Crippen molar-refractivity contribution in [3.05, 3.63) is 59.7 Å². The van der Waals surface area contributed by atoms with Crippen molar-refractivity contribution < 1.29 is 9.64 Å². The van der Waals surface area contributed by atoms with Crippen LogP contribution in [-0.4, -0.2) is 42.8 Å². The summed E-state index contributed by atoms with van der Waals surface area (Å²) < 4.78 is 5.48. The van der Waals surface area contributed by atoms with Crippen LogP contribution < -0.4 is 15.0 Å². The Morgan fingerprint density at radius 2 is 1.81 bits per heavy atom. The van der Waals surface area contributed by atoms with E-state index in [4.69, 9.17) is 17.0 Å². The zero-order valence-electron chi connectivity index (χ0n) is 15.6. The number of hydrogen-bond donors (Lipinski definition) is 2. The summed E-state index contributed by atoms with van der Waals surface area (Å²) in [6, 6.07) is 16.6. The van der Waals surface area contributed by atoms with E-state index in [2.05, 4.69) is 41.4 Å². The van der Waals surface area contributed by atoms with Crippen LogP contribution in [0.15, 0.2) is 48.5 Å². The Morgan fingerprint density at radius 3 is 2.46 bits per heavy atom. The van der Waals surface area contributed by atoms with Gasteiger partial charge in [0.15, 0.2) is 5.11 Å². The van der Waals surface area contributed by atoms with E-state index in [1.54, 1.807) is 4.90 Å². The van der Waals surface area contributed by atoms with Crippen LogP contribution in [0.3, 0.4) is 0 Å². The van der Waals surface area contributed by atoms with Crippen LogP contribution in [0.2, 0.25) is 0 Å². The molecule has 2 N–H and O–H groups in total. The Bertz CT molecular complexity index is 724. The van der Waals surface area contributed by atoms with Gasteiger partial charge in [-0.25, -0.2) is 0 Å². The molecule has 1 saturated heterocycles. The number of nitrogens with zero attached hydrogens (tertiary/aromatic N) is 1. The summed E-state index contributed by atoms with van der Waals surface area (Å²) in [5, 5.41) is 4.16. The minimum Gasteiger partial charge on any atom is -0.494 e. The SMILES string of the molecule is CCOc1ccc(NC(=S)N2CC[NH+](Cc3ccccc3C)CC2)cc1. The Morgan fingerprint density at radius 1 is 1.12 bits per heavy atom. The molecule has 0 spiro atoms. The van der Waals surface area contributed by atoms with E-state index < -0.39 is 0 Å². The number of thiocarbonyl (C=S) groups is 1. The maximum Gasteiger partial charge on any atom is 0.173 e. The van der Waals surface area contributed by atoms with Gasteiger partial charge in [0.2, 0.25) is 0 Å². The molecule has 138 valence electrons. The Kier molecular flexibility index (Phi) is 6.47. The lowest BCUT2D eigenvalue weighted by molar-refractivity contribution is -0.917. The van der Waals surface area contributed by atoms with E-state index in [1.165, 1.54) is 11.1 Å². The highest BCUT2D eigenvalue weighted by Gasteiger charge is 2.22. The van der Waals surface area contributed by atoms with Gasteiger partial charge in [0.05, 0.1) is 32.8 Å². The first-order valence-electron chi connectivity index (χ1n) is 9.32. The molecule has 5 heteroatoms. The number of ether oxygens (including phenoxy) is 1. The molecule has 0 aliphatic carbocycles. The van der Waals surface area contributed by atoms with Crippen molar-refractivity contribution in [3.63, 3.8) is 0 Å². The first kappa shape index (κ1) is 18.7. The minimum atomic E-state index is 0.681. The number of anilines is 1. The lowest BCUT2D eigenvalue weighted by atomic mass is 10.1. The van der Waals surface area contributed by atoms with Gasteiger partial charge >= 0.3 is 0 Å². The van der Waals surface area contributed by atoms with Crippen LogP contribution >= 0.6 is 12.2 Å². The number of aryl methyl sites for hydroxylation is 1. The molecule has 1 aliphatic heterocycles. The highest BCUT2D eigenvalue weighted by molar-refractivity contribution is 7.80. The molecule has 4 nitrogen and oxygen atoms in total. The maximum atomic E-state index is 5.60. The van der Waals surface area contributed by atoms with E-state index >= 15 is 0 Å². The number of piperazine rings is 1. The Labute approximate surface area is 161 Å². The first-order valence-corrected chi connectivity index (χ1v) is 9.73. The molecule has 3 rings (SSSR count). The van der Waals surface area contributed by atoms with Gasteiger partial charge in [0, 0.05) is 11.3 Å². The normalized spacial score (nSPS) is 14.9. The van der Waals surface area contributed by atoms with Gasteiger partial charge < -0.3 is 19.9 Å². The zero-order valence-corrected chi connectivity index (χ0v) is 16.4. The molecule has 0 unspecified atom stereocenters. The molecule has 1 heterocycles. The molecule has 0 aromatic heterocycles. The summed E-state index contributed by atoms with van der Waals surface area (Å²) in [5.74, 6) is 0.886. The van der Waals surface area contributed by atoms with Crippen LogP contribution in [0.25, 0.3) is 0 Å². The molecular weight excluding hydrogens is 342 g/mol. The van der Waals surface area contributed by atoms with E-state index in [9.17, 15) is 0 Å². The summed E-state index contributed by atoms with van der Waals surface area (Å²) in [5.41, 5.74) is 3.84. The second-order valence-electron chi connectivity index (χ2n) is 6.73. The summed E-state index contributed by atoms with van der Waals surface area (Å²) in [6.45, 7) is 10.2. The fourth-order valence-corrected chi connectivity index (χ4v) is 3.58. The molecule has 0 bridgehead atoms. The Hall–Kier alpha value is -2.11. The van der Waals surface area contributed by atoms with Gasteiger partial charge in [-0.2, -0.15) is 0 Å². The molecule has 1 aliphatic rings. The number of rotatable bonds is 5. The molecular formula is C21H28N3OS+. The third-order valence-electron chi connectivity index (χ3n) is 4.88. The van der Waals surface area contributed by atoms with Crippen LogP contribution in [0, 0.1) is 6.92 Å². The molecule has 0 radical (unpaired) electrons. The van der Waals surface area contributed by atoms with Crippen molar-refractivity contribution >= 4 is 23.0 Å². The predicted octanol–water partition coefficient (Wildman–Crippen LogP) is 2.49.